The van der Waals surface area contributed by atoms with Crippen LogP contribution in [0.2, 0.25) is 0 Å². The normalized spacial score (nSPS) is 15.5. The van der Waals surface area contributed by atoms with Gasteiger partial charge >= 0.3 is 0 Å². The largest absolute Gasteiger partial charge is 0.371 e. The van der Waals surface area contributed by atoms with Gasteiger partial charge in [-0.2, -0.15) is 0 Å². The van der Waals surface area contributed by atoms with Crippen molar-refractivity contribution in [3.63, 3.8) is 0 Å². The number of hydrogen-bond donors (Lipinski definition) is 4. The van der Waals surface area contributed by atoms with Crippen LogP contribution in [0.25, 0.3) is 22.0 Å². The Balaban J connectivity index is 2.06. The Morgan fingerprint density at radius 2 is 1.86 bits per heavy atom. The van der Waals surface area contributed by atoms with Crippen LogP contribution in [0.1, 0.15) is 20.8 Å². The number of fused-ring (bicyclic) bond motifs is 2. The number of nitrogens with zero attached hydrogens (tertiary/aromatic N) is 1. The molecule has 4 rings (SSSR count). The summed E-state index contributed by atoms with van der Waals surface area (Å²) in [6, 6.07) is 5.07. The van der Waals surface area contributed by atoms with Gasteiger partial charge in [-0.15, -0.1) is 0 Å². The number of anilines is 2. The predicted octanol–water partition coefficient (Wildman–Crippen LogP) is 5.24. The molecule has 144 valence electrons. The average molecular weight is 385 g/mol. The minimum absolute atomic E-state index is 0.0463. The molecule has 0 saturated carbocycles. The molecule has 0 spiro atoms. The zero-order chi connectivity index (χ0) is 20.4. The van der Waals surface area contributed by atoms with E-state index in [0.717, 1.165) is 17.0 Å². The van der Waals surface area contributed by atoms with Gasteiger partial charge in [0.15, 0.2) is 5.82 Å². The number of nitrogens with one attached hydrogen (secondary N) is 4. The van der Waals surface area contributed by atoms with Crippen molar-refractivity contribution in [2.24, 2.45) is 0 Å². The van der Waals surface area contributed by atoms with E-state index >= 15 is 8.78 Å². The number of benzene rings is 2. The van der Waals surface area contributed by atoms with Gasteiger partial charge < -0.3 is 10.3 Å². The molecule has 8 heteroatoms. The van der Waals surface area contributed by atoms with Gasteiger partial charge in [-0.05, 0) is 44.5 Å². The summed E-state index contributed by atoms with van der Waals surface area (Å²) in [5, 5.41) is 19.8. The lowest BCUT2D eigenvalue weighted by Gasteiger charge is -2.42. The van der Waals surface area contributed by atoms with E-state index in [-0.39, 0.29) is 28.6 Å². The van der Waals surface area contributed by atoms with E-state index < -0.39 is 28.6 Å². The van der Waals surface area contributed by atoms with Crippen molar-refractivity contribution in [1.29, 1.82) is 10.8 Å². The summed E-state index contributed by atoms with van der Waals surface area (Å²) in [5.74, 6) is -2.57. The third-order valence-electron chi connectivity index (χ3n) is 4.92. The lowest BCUT2D eigenvalue weighted by atomic mass is 9.93. The van der Waals surface area contributed by atoms with Crippen LogP contribution < -0.4 is 10.2 Å². The van der Waals surface area contributed by atoms with Gasteiger partial charge in [-0.1, -0.05) is 0 Å². The molecule has 5 nitrogen and oxygen atoms in total. The minimum atomic E-state index is -0.956. The molecular weight excluding hydrogens is 367 g/mol. The highest BCUT2D eigenvalue weighted by atomic mass is 19.1. The van der Waals surface area contributed by atoms with Gasteiger partial charge in [0.2, 0.25) is 0 Å². The molecule has 0 unspecified atom stereocenters. The van der Waals surface area contributed by atoms with E-state index in [9.17, 15) is 4.39 Å². The maximum absolute atomic E-state index is 15.7. The van der Waals surface area contributed by atoms with Crippen molar-refractivity contribution in [3.8, 4) is 11.1 Å². The molecule has 3 aromatic rings. The first kappa shape index (κ1) is 18.1. The molecule has 0 amide bonds. The van der Waals surface area contributed by atoms with E-state index in [2.05, 4.69) is 10.3 Å². The SMILES string of the molecule is CC(=N)N1C(=N)C(C)(C)Nc2cc(F)c(-c3cc(F)cc4[nH]ccc34)c(F)c21. The van der Waals surface area contributed by atoms with Crippen LogP contribution in [0.15, 0.2) is 30.5 Å². The standard InChI is InChI=1S/C20H18F3N5/c1-9(24)28-18-15(27-20(2,3)19(28)25)8-13(22)16(17(18)23)12-6-10(21)7-14-11(12)4-5-26-14/h4-8,24-27H,1-3H3. The first-order chi connectivity index (χ1) is 13.1. The fraction of sp³-hybridized carbons (Fsp3) is 0.200. The molecule has 0 aliphatic carbocycles. The lowest BCUT2D eigenvalue weighted by molar-refractivity contribution is 0.587. The predicted molar refractivity (Wildman–Crippen MR) is 105 cm³/mol. The van der Waals surface area contributed by atoms with E-state index in [4.69, 9.17) is 10.8 Å². The summed E-state index contributed by atoms with van der Waals surface area (Å²) in [6.45, 7) is 4.80. The second kappa shape index (κ2) is 5.85. The molecular formula is C20H18F3N5. The van der Waals surface area contributed by atoms with E-state index in [1.54, 1.807) is 26.1 Å². The van der Waals surface area contributed by atoms with Gasteiger partial charge in [-0.3, -0.25) is 15.7 Å². The summed E-state index contributed by atoms with van der Waals surface area (Å²) in [4.78, 5) is 3.98. The Morgan fingerprint density at radius 1 is 1.14 bits per heavy atom. The number of halogens is 3. The van der Waals surface area contributed by atoms with Crippen LogP contribution in [0.5, 0.6) is 0 Å². The average Bonchev–Trinajstić information content (AvgIpc) is 3.04. The molecule has 4 N–H and O–H groups in total. The molecule has 2 aromatic carbocycles. The molecule has 28 heavy (non-hydrogen) atoms. The highest BCUT2D eigenvalue weighted by molar-refractivity contribution is 6.24. The lowest BCUT2D eigenvalue weighted by Crippen LogP contribution is -2.55. The fourth-order valence-electron chi connectivity index (χ4n) is 3.63. The number of hydrogen-bond acceptors (Lipinski definition) is 3. The third kappa shape index (κ3) is 2.48. The van der Waals surface area contributed by atoms with Gasteiger partial charge in [0.1, 0.15) is 29.0 Å². The van der Waals surface area contributed by atoms with Crippen LogP contribution in [0, 0.1) is 28.3 Å². The highest BCUT2D eigenvalue weighted by Crippen LogP contribution is 2.44. The summed E-state index contributed by atoms with van der Waals surface area (Å²) >= 11 is 0. The van der Waals surface area contributed by atoms with Crippen molar-refractivity contribution in [1.82, 2.24) is 4.98 Å². The summed E-state index contributed by atoms with van der Waals surface area (Å²) < 4.78 is 44.8. The van der Waals surface area contributed by atoms with Gasteiger partial charge in [0, 0.05) is 23.2 Å². The molecule has 0 bridgehead atoms. The Labute approximate surface area is 159 Å². The third-order valence-corrected chi connectivity index (χ3v) is 4.92. The van der Waals surface area contributed by atoms with Crippen molar-refractivity contribution in [3.05, 3.63) is 47.9 Å². The molecule has 0 saturated heterocycles. The first-order valence-electron chi connectivity index (χ1n) is 8.63. The minimum Gasteiger partial charge on any atom is -0.371 e. The highest BCUT2D eigenvalue weighted by Gasteiger charge is 2.40. The van der Waals surface area contributed by atoms with Crippen LogP contribution in [0.4, 0.5) is 24.5 Å². The van der Waals surface area contributed by atoms with Gasteiger partial charge in [-0.25, -0.2) is 13.2 Å². The topological polar surface area (TPSA) is 78.8 Å². The van der Waals surface area contributed by atoms with Gasteiger partial charge in [0.05, 0.1) is 16.8 Å². The fourth-order valence-corrected chi connectivity index (χ4v) is 3.63. The number of rotatable bonds is 1. The quantitative estimate of drug-likeness (QED) is 0.342. The molecule has 0 radical (unpaired) electrons. The van der Waals surface area contributed by atoms with Crippen LogP contribution in [-0.2, 0) is 0 Å². The van der Waals surface area contributed by atoms with Crippen molar-refractivity contribution >= 4 is 33.9 Å². The Hall–Kier alpha value is -3.29. The molecule has 1 aromatic heterocycles. The zero-order valence-electron chi connectivity index (χ0n) is 15.5. The maximum Gasteiger partial charge on any atom is 0.160 e. The van der Waals surface area contributed by atoms with Crippen LogP contribution in [0.3, 0.4) is 0 Å². The molecule has 0 fully saturated rings. The number of amidine groups is 2. The first-order valence-corrected chi connectivity index (χ1v) is 8.63. The Morgan fingerprint density at radius 3 is 2.54 bits per heavy atom. The summed E-state index contributed by atoms with van der Waals surface area (Å²) in [7, 11) is 0. The van der Waals surface area contributed by atoms with E-state index in [1.165, 1.54) is 13.0 Å². The summed E-state index contributed by atoms with van der Waals surface area (Å²) in [6.07, 6.45) is 1.57. The van der Waals surface area contributed by atoms with Crippen molar-refractivity contribution in [2.75, 3.05) is 10.2 Å². The van der Waals surface area contributed by atoms with Crippen molar-refractivity contribution in [2.45, 2.75) is 26.3 Å². The molecule has 0 atom stereocenters. The summed E-state index contributed by atoms with van der Waals surface area (Å²) in [5.41, 5.74) is -0.841. The second-order valence-corrected chi connectivity index (χ2v) is 7.36. The molecule has 1 aliphatic rings. The van der Waals surface area contributed by atoms with E-state index in [1.807, 2.05) is 0 Å². The zero-order valence-corrected chi connectivity index (χ0v) is 15.5. The Kier molecular flexibility index (Phi) is 3.78. The second-order valence-electron chi connectivity index (χ2n) is 7.36. The Bertz CT molecular complexity index is 1160. The number of H-pyrrole nitrogens is 1. The number of aromatic amines is 1. The molecule has 1 aliphatic heterocycles. The smallest absolute Gasteiger partial charge is 0.160 e. The van der Waals surface area contributed by atoms with E-state index in [0.29, 0.717) is 10.9 Å². The molecule has 2 heterocycles. The van der Waals surface area contributed by atoms with Crippen LogP contribution in [-0.4, -0.2) is 22.2 Å². The van der Waals surface area contributed by atoms with Gasteiger partial charge in [0.25, 0.3) is 0 Å². The van der Waals surface area contributed by atoms with Crippen LogP contribution >= 0.6 is 0 Å². The van der Waals surface area contributed by atoms with Crippen molar-refractivity contribution < 1.29 is 13.2 Å². The maximum atomic E-state index is 15.7. The monoisotopic (exact) mass is 385 g/mol. The number of aromatic nitrogens is 1.